The Labute approximate surface area is 83.6 Å². The van der Waals surface area contributed by atoms with Crippen LogP contribution >= 0.6 is 0 Å². The van der Waals surface area contributed by atoms with Gasteiger partial charge in [0, 0.05) is 0 Å². The van der Waals surface area contributed by atoms with Gasteiger partial charge in [0.1, 0.15) is 0 Å². The van der Waals surface area contributed by atoms with E-state index >= 15 is 0 Å². The molecule has 0 aliphatic carbocycles. The Kier molecular flexibility index (Phi) is 2.12. The Morgan fingerprint density at radius 1 is 1.08 bits per heavy atom. The Morgan fingerprint density at radius 2 is 1.67 bits per heavy atom. The van der Waals surface area contributed by atoms with E-state index in [4.69, 9.17) is 0 Å². The van der Waals surface area contributed by atoms with Crippen molar-refractivity contribution in [2.45, 2.75) is 0 Å². The van der Waals surface area contributed by atoms with Crippen LogP contribution in [0.15, 0.2) is 36.9 Å². The second kappa shape index (κ2) is 3.26. The van der Waals surface area contributed by atoms with Crippen molar-refractivity contribution in [3.05, 3.63) is 36.9 Å². The molecule has 0 amide bonds. The third-order valence-electron chi connectivity index (χ3n) is 1.49. The van der Waals surface area contributed by atoms with Gasteiger partial charge in [0.25, 0.3) is 0 Å². The molecule has 3 nitrogen and oxygen atoms in total. The molecule has 4 heteroatoms. The van der Waals surface area contributed by atoms with Crippen molar-refractivity contribution in [2.24, 2.45) is 0 Å². The van der Waals surface area contributed by atoms with Crippen molar-refractivity contribution in [2.75, 3.05) is 0 Å². The van der Waals surface area contributed by atoms with E-state index in [0.29, 0.717) is 0 Å². The molecular weight excluding hydrogens is 257 g/mol. The van der Waals surface area contributed by atoms with Gasteiger partial charge in [-0.2, -0.15) is 0 Å². The molecule has 2 aromatic rings. The normalized spacial score (nSPS) is 10.1. The van der Waals surface area contributed by atoms with Crippen LogP contribution in [0, 0.1) is 0 Å². The fraction of sp³-hybridized carbons (Fsp3) is 0. The summed E-state index contributed by atoms with van der Waals surface area (Å²) >= 11 is 1.07. The van der Waals surface area contributed by atoms with Crippen molar-refractivity contribution in [3.8, 4) is 5.95 Å². The summed E-state index contributed by atoms with van der Waals surface area (Å²) in [6.45, 7) is 0. The third kappa shape index (κ3) is 1.50. The summed E-state index contributed by atoms with van der Waals surface area (Å²) < 4.78 is 3.09. The molecule has 0 fully saturated rings. The van der Waals surface area contributed by atoms with E-state index in [1.165, 1.54) is 3.58 Å². The molecule has 58 valence electrons. The monoisotopic (exact) mass is 265 g/mol. The molecule has 2 rings (SSSR count). The van der Waals surface area contributed by atoms with Crippen molar-refractivity contribution in [1.82, 2.24) is 14.5 Å². The average molecular weight is 264 g/mol. The first-order chi connectivity index (χ1) is 5.86. The molecule has 0 saturated heterocycles. The van der Waals surface area contributed by atoms with Crippen LogP contribution in [-0.4, -0.2) is 37.1 Å². The Bertz CT molecular complexity index is 352. The van der Waals surface area contributed by atoms with E-state index in [1.54, 1.807) is 0 Å². The minimum absolute atomic E-state index is 0.734. The standard InChI is InChI=1S/C8H6N3.Sn.H/c1-2-7-11(6-1)8-9-4-3-5-10-8;;/h1-2,4-7H;;. The first kappa shape index (κ1) is 7.79. The van der Waals surface area contributed by atoms with Gasteiger partial charge in [0.2, 0.25) is 0 Å². The van der Waals surface area contributed by atoms with Crippen LogP contribution in [0.1, 0.15) is 0 Å². The third-order valence-corrected chi connectivity index (χ3v) is 2.34. The summed E-state index contributed by atoms with van der Waals surface area (Å²) in [5, 5.41) is 0. The molecule has 0 bridgehead atoms. The fourth-order valence-electron chi connectivity index (χ4n) is 0.932. The van der Waals surface area contributed by atoms with E-state index in [2.05, 4.69) is 9.97 Å². The van der Waals surface area contributed by atoms with Crippen LogP contribution in [-0.2, 0) is 0 Å². The van der Waals surface area contributed by atoms with Crippen molar-refractivity contribution >= 4 is 26.1 Å². The van der Waals surface area contributed by atoms with Crippen molar-refractivity contribution < 1.29 is 0 Å². The second-order valence-corrected chi connectivity index (χ2v) is 4.31. The van der Waals surface area contributed by atoms with Gasteiger partial charge in [-0.3, -0.25) is 0 Å². The maximum absolute atomic E-state index is 4.21. The van der Waals surface area contributed by atoms with Gasteiger partial charge in [-0.25, -0.2) is 0 Å². The molecule has 2 heterocycles. The predicted molar refractivity (Wildman–Crippen MR) is 48.1 cm³/mol. The quantitative estimate of drug-likeness (QED) is 0.667. The number of rotatable bonds is 1. The van der Waals surface area contributed by atoms with Crippen LogP contribution in [0.5, 0.6) is 0 Å². The summed E-state index contributed by atoms with van der Waals surface area (Å²) in [5.74, 6) is 0.734. The van der Waals surface area contributed by atoms with Gasteiger partial charge < -0.3 is 0 Å². The van der Waals surface area contributed by atoms with Gasteiger partial charge in [0.15, 0.2) is 0 Å². The Hall–Kier alpha value is -0.841. The Morgan fingerprint density at radius 3 is 2.25 bits per heavy atom. The molecule has 2 aromatic heterocycles. The molecule has 2 radical (unpaired) electrons. The molecule has 0 aliphatic heterocycles. The molecule has 0 aromatic carbocycles. The topological polar surface area (TPSA) is 30.7 Å². The molecule has 0 spiro atoms. The van der Waals surface area contributed by atoms with E-state index < -0.39 is 0 Å². The predicted octanol–water partition coefficient (Wildman–Crippen LogP) is -0.207. The maximum atomic E-state index is 4.21. The molecule has 0 unspecified atom stereocenters. The van der Waals surface area contributed by atoms with Gasteiger partial charge in [0.05, 0.1) is 0 Å². The SMILES string of the molecule is [SnH][c]1cnc(-n2cccc2)nc1. The van der Waals surface area contributed by atoms with Gasteiger partial charge in [-0.1, -0.05) is 0 Å². The van der Waals surface area contributed by atoms with Crippen LogP contribution in [0.4, 0.5) is 0 Å². The van der Waals surface area contributed by atoms with Gasteiger partial charge >= 0.3 is 83.5 Å². The molecule has 0 atom stereocenters. The average Bonchev–Trinajstić information content (AvgIpc) is 2.58. The molecule has 0 aliphatic rings. The molecule has 12 heavy (non-hydrogen) atoms. The molecule has 0 N–H and O–H groups in total. The van der Waals surface area contributed by atoms with Gasteiger partial charge in [-0.15, -0.1) is 0 Å². The Balaban J connectivity index is 2.43. The summed E-state index contributed by atoms with van der Waals surface area (Å²) in [7, 11) is 0. The number of hydrogen-bond acceptors (Lipinski definition) is 2. The summed E-state index contributed by atoms with van der Waals surface area (Å²) in [5.41, 5.74) is 0. The summed E-state index contributed by atoms with van der Waals surface area (Å²) in [6, 6.07) is 3.91. The van der Waals surface area contributed by atoms with Gasteiger partial charge in [-0.05, 0) is 0 Å². The van der Waals surface area contributed by atoms with Crippen molar-refractivity contribution in [1.29, 1.82) is 0 Å². The number of nitrogens with zero attached hydrogens (tertiary/aromatic N) is 3. The first-order valence-corrected chi connectivity index (χ1v) is 5.22. The number of hydrogen-bond donors (Lipinski definition) is 0. The van der Waals surface area contributed by atoms with Crippen LogP contribution in [0.25, 0.3) is 5.95 Å². The summed E-state index contributed by atoms with van der Waals surface area (Å²) in [4.78, 5) is 8.41. The fourth-order valence-corrected chi connectivity index (χ4v) is 1.36. The number of aromatic nitrogens is 3. The second-order valence-electron chi connectivity index (χ2n) is 2.41. The van der Waals surface area contributed by atoms with E-state index in [0.717, 1.165) is 28.5 Å². The first-order valence-electron chi connectivity index (χ1n) is 3.57. The van der Waals surface area contributed by atoms with E-state index in [9.17, 15) is 0 Å². The van der Waals surface area contributed by atoms with E-state index in [-0.39, 0.29) is 0 Å². The van der Waals surface area contributed by atoms with E-state index in [1.807, 2.05) is 41.5 Å². The zero-order chi connectivity index (χ0) is 8.39. The molecular formula is C8H7N3Sn. The molecule has 0 saturated carbocycles. The zero-order valence-corrected chi connectivity index (χ0v) is 9.68. The van der Waals surface area contributed by atoms with Crippen LogP contribution in [0.3, 0.4) is 0 Å². The van der Waals surface area contributed by atoms with Crippen molar-refractivity contribution in [3.63, 3.8) is 0 Å². The van der Waals surface area contributed by atoms with Crippen LogP contribution in [0.2, 0.25) is 0 Å². The zero-order valence-electron chi connectivity index (χ0n) is 6.38. The minimum atomic E-state index is 0.734. The summed E-state index contributed by atoms with van der Waals surface area (Å²) in [6.07, 6.45) is 7.60. The van der Waals surface area contributed by atoms with Crippen LogP contribution < -0.4 is 3.58 Å².